The lowest BCUT2D eigenvalue weighted by Crippen LogP contribution is -2.41. The maximum Gasteiger partial charge on any atom is 0.275 e. The van der Waals surface area contributed by atoms with Crippen molar-refractivity contribution < 1.29 is 9.59 Å². The van der Waals surface area contributed by atoms with E-state index in [2.05, 4.69) is 9.88 Å². The number of aromatic nitrogens is 3. The van der Waals surface area contributed by atoms with Crippen LogP contribution >= 0.6 is 11.6 Å². The summed E-state index contributed by atoms with van der Waals surface area (Å²) in [5, 5.41) is 1.62. The molecule has 1 saturated heterocycles. The number of hydrogen-bond donors (Lipinski definition) is 1. The molecule has 1 atom stereocenters. The van der Waals surface area contributed by atoms with Crippen LogP contribution < -0.4 is 10.9 Å². The number of carbonyl (C=O) groups is 2. The molecular formula is C30H36ClN7O2. The summed E-state index contributed by atoms with van der Waals surface area (Å²) in [5.74, 6) is 6.40. The molecular weight excluding hydrogens is 526 g/mol. The molecule has 1 aromatic carbocycles. The van der Waals surface area contributed by atoms with Gasteiger partial charge in [0.25, 0.3) is 5.91 Å². The number of rotatable bonds is 8. The number of para-hydroxylation sites is 1. The smallest absolute Gasteiger partial charge is 0.275 e. The van der Waals surface area contributed by atoms with Gasteiger partial charge in [-0.2, -0.15) is 0 Å². The summed E-state index contributed by atoms with van der Waals surface area (Å²) < 4.78 is 1.96. The van der Waals surface area contributed by atoms with Crippen molar-refractivity contribution in [1.82, 2.24) is 24.3 Å². The number of benzene rings is 1. The molecule has 0 unspecified atom stereocenters. The summed E-state index contributed by atoms with van der Waals surface area (Å²) in [6.07, 6.45) is 13.1. The largest absolute Gasteiger partial charge is 0.337 e. The van der Waals surface area contributed by atoms with Crippen LogP contribution in [0.15, 0.2) is 48.7 Å². The van der Waals surface area contributed by atoms with Gasteiger partial charge in [0.15, 0.2) is 0 Å². The third-order valence-corrected chi connectivity index (χ3v) is 8.46. The van der Waals surface area contributed by atoms with Crippen LogP contribution in [-0.2, 0) is 4.79 Å². The Labute approximate surface area is 239 Å². The molecule has 9 nitrogen and oxygen atoms in total. The van der Waals surface area contributed by atoms with Gasteiger partial charge in [-0.1, -0.05) is 23.7 Å². The van der Waals surface area contributed by atoms with E-state index in [1.165, 1.54) is 25.7 Å². The number of anilines is 1. The first-order chi connectivity index (χ1) is 19.4. The van der Waals surface area contributed by atoms with Gasteiger partial charge in [-0.25, -0.2) is 15.8 Å². The number of hydrazine groups is 1. The molecule has 3 heterocycles. The molecule has 40 heavy (non-hydrogen) atoms. The predicted octanol–water partition coefficient (Wildman–Crippen LogP) is 4.65. The summed E-state index contributed by atoms with van der Waals surface area (Å²) in [4.78, 5) is 40.2. The van der Waals surface area contributed by atoms with E-state index in [1.54, 1.807) is 24.4 Å². The van der Waals surface area contributed by atoms with Crippen LogP contribution in [0.2, 0.25) is 5.02 Å². The lowest BCUT2D eigenvalue weighted by molar-refractivity contribution is -0.126. The zero-order valence-corrected chi connectivity index (χ0v) is 23.6. The number of halogens is 1. The lowest BCUT2D eigenvalue weighted by atomic mass is 10.1. The first kappa shape index (κ1) is 26.9. The number of nitrogens with zero attached hydrogens (tertiary/aromatic N) is 6. The highest BCUT2D eigenvalue weighted by atomic mass is 35.5. The van der Waals surface area contributed by atoms with E-state index < -0.39 is 5.91 Å². The molecule has 2 aromatic heterocycles. The fourth-order valence-electron chi connectivity index (χ4n) is 5.84. The number of aryl methyl sites for hydroxylation is 1. The molecule has 3 aliphatic rings. The average molecular weight is 562 g/mol. The zero-order chi connectivity index (χ0) is 27.8. The Kier molecular flexibility index (Phi) is 7.61. The number of amides is 2. The Bertz CT molecular complexity index is 1430. The highest BCUT2D eigenvalue weighted by Gasteiger charge is 2.38. The predicted molar refractivity (Wildman–Crippen MR) is 156 cm³/mol. The highest BCUT2D eigenvalue weighted by Crippen LogP contribution is 2.37. The average Bonchev–Trinajstić information content (AvgIpc) is 3.87. The molecule has 10 heteroatoms. The fraction of sp³-hybridized carbons (Fsp3) is 0.467. The minimum atomic E-state index is -0.390. The number of hydrogen-bond acceptors (Lipinski definition) is 6. The van der Waals surface area contributed by atoms with Crippen molar-refractivity contribution in [1.29, 1.82) is 0 Å². The first-order valence-corrected chi connectivity index (χ1v) is 14.7. The second-order valence-corrected chi connectivity index (χ2v) is 11.7. The fourth-order valence-corrected chi connectivity index (χ4v) is 6.10. The Morgan fingerprint density at radius 1 is 1.12 bits per heavy atom. The minimum absolute atomic E-state index is 0.0171. The van der Waals surface area contributed by atoms with Gasteiger partial charge in [-0.05, 0) is 76.1 Å². The third-order valence-electron chi connectivity index (χ3n) is 8.15. The van der Waals surface area contributed by atoms with Crippen LogP contribution in [0.1, 0.15) is 67.0 Å². The number of nitrogens with two attached hydrogens (primary N) is 1. The van der Waals surface area contributed by atoms with Gasteiger partial charge in [0.2, 0.25) is 11.9 Å². The Hall–Kier alpha value is -3.27. The molecule has 2 saturated carbocycles. The molecule has 2 N–H and O–H groups in total. The molecule has 0 radical (unpaired) electrons. The monoisotopic (exact) mass is 561 g/mol. The van der Waals surface area contributed by atoms with E-state index in [0.717, 1.165) is 36.5 Å². The van der Waals surface area contributed by atoms with E-state index in [1.807, 2.05) is 40.7 Å². The SMILES string of the molecule is Cc1cc(C(=O)N(N)c2nc3cccc(Cl)c3n2[C@@H]2CCCCN(C(=O)/C=C/CN(C3CC3)C3CC3)C2)ccn1. The quantitative estimate of drug-likeness (QED) is 0.186. The standard InChI is InChI=1S/C30H36ClN7O2/c1-20-18-21(14-15-33-20)29(40)38(32)30-34-26-8-4-7-25(31)28(26)37(30)24-6-2-3-16-35(19-24)27(39)9-5-17-36(22-10-11-22)23-12-13-23/h4-5,7-9,14-15,18,22-24H,2-3,6,10-13,16-17,19,32H2,1H3/b9-5+/t24-/m1/s1. The number of likely N-dealkylation sites (tertiary alicyclic amines) is 1. The van der Waals surface area contributed by atoms with Crippen molar-refractivity contribution in [3.63, 3.8) is 0 Å². The van der Waals surface area contributed by atoms with Crippen molar-refractivity contribution in [2.75, 3.05) is 24.6 Å². The van der Waals surface area contributed by atoms with Gasteiger partial charge < -0.3 is 9.47 Å². The van der Waals surface area contributed by atoms with Crippen LogP contribution in [-0.4, -0.2) is 67.9 Å². The van der Waals surface area contributed by atoms with Crippen molar-refractivity contribution in [3.05, 3.63) is 65.0 Å². The number of fused-ring (bicyclic) bond motifs is 1. The van der Waals surface area contributed by atoms with E-state index in [4.69, 9.17) is 22.4 Å². The molecule has 2 aliphatic carbocycles. The van der Waals surface area contributed by atoms with Gasteiger partial charge >= 0.3 is 0 Å². The van der Waals surface area contributed by atoms with Crippen molar-refractivity contribution in [2.45, 2.75) is 70.0 Å². The van der Waals surface area contributed by atoms with E-state index in [0.29, 0.717) is 52.7 Å². The second kappa shape index (κ2) is 11.3. The summed E-state index contributed by atoms with van der Waals surface area (Å²) in [6, 6.07) is 10.1. The van der Waals surface area contributed by atoms with Crippen LogP contribution in [0, 0.1) is 6.92 Å². The van der Waals surface area contributed by atoms with Crippen molar-refractivity contribution >= 4 is 40.4 Å². The second-order valence-electron chi connectivity index (χ2n) is 11.2. The maximum atomic E-state index is 13.4. The van der Waals surface area contributed by atoms with Gasteiger partial charge in [0.1, 0.15) is 0 Å². The van der Waals surface area contributed by atoms with Crippen molar-refractivity contribution in [2.24, 2.45) is 5.84 Å². The van der Waals surface area contributed by atoms with Crippen LogP contribution in [0.5, 0.6) is 0 Å². The number of pyridine rings is 1. The Morgan fingerprint density at radius 3 is 2.62 bits per heavy atom. The van der Waals surface area contributed by atoms with E-state index in [-0.39, 0.29) is 11.9 Å². The van der Waals surface area contributed by atoms with Gasteiger partial charge in [-0.3, -0.25) is 19.5 Å². The third kappa shape index (κ3) is 5.64. The van der Waals surface area contributed by atoms with Crippen molar-refractivity contribution in [3.8, 4) is 0 Å². The molecule has 210 valence electrons. The number of imidazole rings is 1. The molecule has 0 bridgehead atoms. The molecule has 6 rings (SSSR count). The first-order valence-electron chi connectivity index (χ1n) is 14.3. The Morgan fingerprint density at radius 2 is 1.90 bits per heavy atom. The van der Waals surface area contributed by atoms with Crippen LogP contribution in [0.4, 0.5) is 5.95 Å². The van der Waals surface area contributed by atoms with Crippen LogP contribution in [0.3, 0.4) is 0 Å². The molecule has 0 spiro atoms. The Balaban J connectivity index is 1.27. The number of carbonyl (C=O) groups excluding carboxylic acids is 2. The summed E-state index contributed by atoms with van der Waals surface area (Å²) in [5.41, 5.74) is 2.51. The molecule has 3 fully saturated rings. The highest BCUT2D eigenvalue weighted by molar-refractivity contribution is 6.35. The summed E-state index contributed by atoms with van der Waals surface area (Å²) in [6.45, 7) is 3.83. The van der Waals surface area contributed by atoms with Gasteiger partial charge in [0, 0.05) is 55.2 Å². The van der Waals surface area contributed by atoms with E-state index >= 15 is 0 Å². The summed E-state index contributed by atoms with van der Waals surface area (Å²) >= 11 is 6.71. The van der Waals surface area contributed by atoms with Gasteiger partial charge in [0.05, 0.1) is 22.1 Å². The maximum absolute atomic E-state index is 13.4. The lowest BCUT2D eigenvalue weighted by Gasteiger charge is -2.28. The van der Waals surface area contributed by atoms with E-state index in [9.17, 15) is 9.59 Å². The minimum Gasteiger partial charge on any atom is -0.337 e. The van der Waals surface area contributed by atoms with Crippen LogP contribution in [0.25, 0.3) is 11.0 Å². The zero-order valence-electron chi connectivity index (χ0n) is 22.9. The summed E-state index contributed by atoms with van der Waals surface area (Å²) in [7, 11) is 0. The molecule has 3 aromatic rings. The molecule has 1 aliphatic heterocycles. The normalized spacial score (nSPS) is 19.9. The molecule has 2 amide bonds. The van der Waals surface area contributed by atoms with Gasteiger partial charge in [-0.15, -0.1) is 0 Å². The topological polar surface area (TPSA) is 101 Å².